The Morgan fingerprint density at radius 1 is 1.17 bits per heavy atom. The number of benzene rings is 1. The van der Waals surface area contributed by atoms with Crippen molar-refractivity contribution < 1.29 is 13.9 Å². The molecule has 3 heterocycles. The standard InChI is InChI=1S/C23H30N2O3S2/c1-24-11-9-19(10-12-24)25(16-21-4-2-13-27-21)22(26)17-28-20-7-5-18(6-8-20)23-29-14-3-15-30-23/h2,4-8,13,19,23H,3,9-12,14-17H2,1H3. The van der Waals surface area contributed by atoms with Crippen LogP contribution in [0.2, 0.25) is 0 Å². The lowest BCUT2D eigenvalue weighted by Gasteiger charge is -2.37. The van der Waals surface area contributed by atoms with Gasteiger partial charge in [-0.1, -0.05) is 12.1 Å². The summed E-state index contributed by atoms with van der Waals surface area (Å²) in [6, 6.07) is 12.3. The monoisotopic (exact) mass is 446 g/mol. The number of furan rings is 1. The lowest BCUT2D eigenvalue weighted by atomic mass is 10.0. The zero-order valence-corrected chi connectivity index (χ0v) is 19.1. The molecule has 2 aliphatic heterocycles. The first-order valence-corrected chi connectivity index (χ1v) is 12.7. The van der Waals surface area contributed by atoms with Crippen molar-refractivity contribution in [2.45, 2.75) is 36.4 Å². The Labute approximate surface area is 187 Å². The van der Waals surface area contributed by atoms with E-state index in [1.165, 1.54) is 23.5 Å². The van der Waals surface area contributed by atoms with Crippen LogP contribution < -0.4 is 4.74 Å². The topological polar surface area (TPSA) is 45.9 Å². The molecule has 0 saturated carbocycles. The molecule has 0 unspecified atom stereocenters. The number of thioether (sulfide) groups is 2. The molecule has 2 aliphatic rings. The Morgan fingerprint density at radius 3 is 2.57 bits per heavy atom. The third-order valence-electron chi connectivity index (χ3n) is 5.70. The molecule has 0 atom stereocenters. The van der Waals surface area contributed by atoms with Gasteiger partial charge in [0.15, 0.2) is 6.61 Å². The highest BCUT2D eigenvalue weighted by Gasteiger charge is 2.28. The van der Waals surface area contributed by atoms with Gasteiger partial charge in [0, 0.05) is 6.04 Å². The molecule has 0 N–H and O–H groups in total. The number of nitrogens with zero attached hydrogens (tertiary/aromatic N) is 2. The molecule has 5 nitrogen and oxygen atoms in total. The Bertz CT molecular complexity index is 783. The van der Waals surface area contributed by atoms with Crippen molar-refractivity contribution in [3.8, 4) is 5.75 Å². The predicted molar refractivity (Wildman–Crippen MR) is 124 cm³/mol. The number of amides is 1. The van der Waals surface area contributed by atoms with Gasteiger partial charge in [-0.3, -0.25) is 4.79 Å². The first-order valence-electron chi connectivity index (χ1n) is 10.7. The van der Waals surface area contributed by atoms with Gasteiger partial charge < -0.3 is 19.0 Å². The summed E-state index contributed by atoms with van der Waals surface area (Å²) >= 11 is 4.02. The van der Waals surface area contributed by atoms with E-state index in [2.05, 4.69) is 24.1 Å². The summed E-state index contributed by atoms with van der Waals surface area (Å²) in [6.45, 7) is 2.57. The van der Waals surface area contributed by atoms with Gasteiger partial charge in [-0.05, 0) is 80.7 Å². The fraction of sp³-hybridized carbons (Fsp3) is 0.522. The van der Waals surface area contributed by atoms with Crippen LogP contribution in [0.1, 0.15) is 35.2 Å². The molecule has 2 fully saturated rings. The van der Waals surface area contributed by atoms with Crippen molar-refractivity contribution in [1.29, 1.82) is 0 Å². The summed E-state index contributed by atoms with van der Waals surface area (Å²) < 4.78 is 11.9. The van der Waals surface area contributed by atoms with Gasteiger partial charge in [0.25, 0.3) is 5.91 Å². The maximum Gasteiger partial charge on any atom is 0.261 e. The van der Waals surface area contributed by atoms with Gasteiger partial charge >= 0.3 is 0 Å². The highest BCUT2D eigenvalue weighted by atomic mass is 32.2. The quantitative estimate of drug-likeness (QED) is 0.617. The lowest BCUT2D eigenvalue weighted by molar-refractivity contribution is -0.137. The van der Waals surface area contributed by atoms with Gasteiger partial charge in [-0.25, -0.2) is 0 Å². The van der Waals surface area contributed by atoms with Gasteiger partial charge in [0.05, 0.1) is 17.4 Å². The van der Waals surface area contributed by atoms with Crippen molar-refractivity contribution in [2.75, 3.05) is 38.2 Å². The summed E-state index contributed by atoms with van der Waals surface area (Å²) in [7, 11) is 2.13. The zero-order valence-electron chi connectivity index (χ0n) is 17.5. The first-order chi connectivity index (χ1) is 14.7. The smallest absolute Gasteiger partial charge is 0.261 e. The van der Waals surface area contributed by atoms with Crippen LogP contribution in [0.25, 0.3) is 0 Å². The second-order valence-electron chi connectivity index (χ2n) is 7.92. The summed E-state index contributed by atoms with van der Waals surface area (Å²) in [5.41, 5.74) is 1.33. The molecule has 0 radical (unpaired) electrons. The SMILES string of the molecule is CN1CCC(N(Cc2ccco2)C(=O)COc2ccc(C3SCCCS3)cc2)CC1. The van der Waals surface area contributed by atoms with Crippen LogP contribution >= 0.6 is 23.5 Å². The van der Waals surface area contributed by atoms with E-state index >= 15 is 0 Å². The highest BCUT2D eigenvalue weighted by Crippen LogP contribution is 2.43. The molecule has 0 spiro atoms. The van der Waals surface area contributed by atoms with Crippen molar-refractivity contribution >= 4 is 29.4 Å². The number of carbonyl (C=O) groups is 1. The van der Waals surface area contributed by atoms with Gasteiger partial charge in [0.1, 0.15) is 11.5 Å². The largest absolute Gasteiger partial charge is 0.484 e. The fourth-order valence-electron chi connectivity index (χ4n) is 3.93. The Balaban J connectivity index is 1.35. The van der Waals surface area contributed by atoms with Crippen LogP contribution in [-0.2, 0) is 11.3 Å². The summed E-state index contributed by atoms with van der Waals surface area (Å²) in [4.78, 5) is 17.3. The van der Waals surface area contributed by atoms with Crippen LogP contribution in [0, 0.1) is 0 Å². The number of likely N-dealkylation sites (tertiary alicyclic amines) is 1. The van der Waals surface area contributed by atoms with E-state index < -0.39 is 0 Å². The molecular weight excluding hydrogens is 416 g/mol. The fourth-order valence-corrected chi connectivity index (χ4v) is 6.82. The number of ether oxygens (including phenoxy) is 1. The molecule has 0 aliphatic carbocycles. The van der Waals surface area contributed by atoms with Crippen LogP contribution in [0.5, 0.6) is 5.75 Å². The maximum absolute atomic E-state index is 13.1. The summed E-state index contributed by atoms with van der Waals surface area (Å²) in [5, 5.41) is 0. The number of hydrogen-bond acceptors (Lipinski definition) is 6. The van der Waals surface area contributed by atoms with Crippen molar-refractivity contribution in [3.05, 3.63) is 54.0 Å². The molecule has 30 heavy (non-hydrogen) atoms. The average molecular weight is 447 g/mol. The molecule has 4 rings (SSSR count). The number of carbonyl (C=O) groups excluding carboxylic acids is 1. The zero-order chi connectivity index (χ0) is 20.8. The number of piperidine rings is 1. The molecule has 1 aromatic heterocycles. The second kappa shape index (κ2) is 10.6. The van der Waals surface area contributed by atoms with E-state index in [9.17, 15) is 4.79 Å². The van der Waals surface area contributed by atoms with E-state index in [-0.39, 0.29) is 18.6 Å². The van der Waals surface area contributed by atoms with E-state index in [1.807, 2.05) is 52.7 Å². The number of hydrogen-bond donors (Lipinski definition) is 0. The molecule has 1 aromatic carbocycles. The van der Waals surface area contributed by atoms with Crippen LogP contribution in [0.3, 0.4) is 0 Å². The lowest BCUT2D eigenvalue weighted by Crippen LogP contribution is -2.47. The summed E-state index contributed by atoms with van der Waals surface area (Å²) in [5.74, 6) is 4.04. The molecule has 2 saturated heterocycles. The minimum Gasteiger partial charge on any atom is -0.484 e. The van der Waals surface area contributed by atoms with E-state index in [4.69, 9.17) is 9.15 Å². The van der Waals surface area contributed by atoms with E-state index in [0.29, 0.717) is 11.1 Å². The average Bonchev–Trinajstić information content (AvgIpc) is 3.31. The van der Waals surface area contributed by atoms with Crippen molar-refractivity contribution in [2.24, 2.45) is 0 Å². The Kier molecular flexibility index (Phi) is 7.68. The molecule has 7 heteroatoms. The van der Waals surface area contributed by atoms with E-state index in [0.717, 1.165) is 37.4 Å². The molecule has 0 bridgehead atoms. The first kappa shape index (κ1) is 21.7. The van der Waals surface area contributed by atoms with Crippen molar-refractivity contribution in [1.82, 2.24) is 9.80 Å². The molecule has 1 amide bonds. The van der Waals surface area contributed by atoms with Gasteiger partial charge in [0.2, 0.25) is 0 Å². The predicted octanol–water partition coefficient (Wildman–Crippen LogP) is 4.65. The van der Waals surface area contributed by atoms with Crippen LogP contribution in [-0.4, -0.2) is 60.0 Å². The summed E-state index contributed by atoms with van der Waals surface area (Å²) in [6.07, 6.45) is 4.91. The minimum absolute atomic E-state index is 0.0171. The molecular formula is C23H30N2O3S2. The minimum atomic E-state index is 0.0171. The van der Waals surface area contributed by atoms with Crippen LogP contribution in [0.4, 0.5) is 0 Å². The Hall–Kier alpha value is -1.57. The van der Waals surface area contributed by atoms with Crippen LogP contribution in [0.15, 0.2) is 47.1 Å². The molecule has 162 valence electrons. The highest BCUT2D eigenvalue weighted by molar-refractivity contribution is 8.16. The second-order valence-corrected chi connectivity index (χ2v) is 10.6. The van der Waals surface area contributed by atoms with Gasteiger partial charge in [-0.15, -0.1) is 23.5 Å². The Morgan fingerprint density at radius 2 is 1.90 bits per heavy atom. The molecule has 2 aromatic rings. The van der Waals surface area contributed by atoms with Gasteiger partial charge in [-0.2, -0.15) is 0 Å². The maximum atomic E-state index is 13.1. The third kappa shape index (κ3) is 5.77. The normalized spacial score (nSPS) is 19.0. The van der Waals surface area contributed by atoms with Crippen molar-refractivity contribution in [3.63, 3.8) is 0 Å². The number of rotatable bonds is 7. The van der Waals surface area contributed by atoms with E-state index in [1.54, 1.807) is 6.26 Å². The third-order valence-corrected chi connectivity index (χ3v) is 8.71.